The van der Waals surface area contributed by atoms with Crippen molar-refractivity contribution in [2.45, 2.75) is 47.0 Å². The molecule has 5 heteroatoms. The maximum absolute atomic E-state index is 5.72. The summed E-state index contributed by atoms with van der Waals surface area (Å²) < 4.78 is 5.72. The van der Waals surface area contributed by atoms with Crippen LogP contribution >= 0.6 is 0 Å². The third-order valence-electron chi connectivity index (χ3n) is 2.92. The molecule has 1 heterocycles. The highest BCUT2D eigenvalue weighted by atomic mass is 16.5. The molecule has 0 N–H and O–H groups in total. The standard InChI is InChI=1S/C14H18N4O.C2H6/c1-10(2)13-8-12(5-4-11(13)3)19-7-6-14-17-15-9-16-18-14;1-2/h4-5,8-10H,6-7H2,1-3H3;1-2H3. The van der Waals surface area contributed by atoms with Gasteiger partial charge in [0.25, 0.3) is 0 Å². The SMILES string of the molecule is CC.Cc1ccc(OCCc2nncnn2)cc1C(C)C. The van der Waals surface area contributed by atoms with Crippen LogP contribution in [0.1, 0.15) is 50.6 Å². The minimum absolute atomic E-state index is 0.495. The first kappa shape index (κ1) is 17.0. The molecule has 114 valence electrons. The fourth-order valence-corrected chi connectivity index (χ4v) is 1.92. The van der Waals surface area contributed by atoms with Crippen LogP contribution < -0.4 is 4.74 Å². The predicted molar refractivity (Wildman–Crippen MR) is 83.4 cm³/mol. The van der Waals surface area contributed by atoms with E-state index in [1.165, 1.54) is 17.5 Å². The average molecular weight is 288 g/mol. The topological polar surface area (TPSA) is 60.8 Å². The first-order valence-corrected chi connectivity index (χ1v) is 7.39. The number of benzene rings is 1. The quantitative estimate of drug-likeness (QED) is 0.844. The lowest BCUT2D eigenvalue weighted by atomic mass is 9.98. The van der Waals surface area contributed by atoms with E-state index in [2.05, 4.69) is 53.3 Å². The zero-order valence-electron chi connectivity index (χ0n) is 13.5. The van der Waals surface area contributed by atoms with Gasteiger partial charge in [0.15, 0.2) is 12.2 Å². The van der Waals surface area contributed by atoms with Crippen molar-refractivity contribution >= 4 is 0 Å². The van der Waals surface area contributed by atoms with Crippen LogP contribution in [0.5, 0.6) is 5.75 Å². The Morgan fingerprint density at radius 1 is 1.10 bits per heavy atom. The van der Waals surface area contributed by atoms with Crippen LogP contribution in [-0.2, 0) is 6.42 Å². The molecule has 0 unspecified atom stereocenters. The monoisotopic (exact) mass is 288 g/mol. The molecule has 0 aliphatic heterocycles. The Morgan fingerprint density at radius 3 is 2.38 bits per heavy atom. The summed E-state index contributed by atoms with van der Waals surface area (Å²) in [5.41, 5.74) is 2.61. The van der Waals surface area contributed by atoms with Crippen molar-refractivity contribution in [1.82, 2.24) is 20.4 Å². The van der Waals surface area contributed by atoms with Gasteiger partial charge in [0.2, 0.25) is 0 Å². The molecule has 1 aromatic heterocycles. The Balaban J connectivity index is 0.00000106. The van der Waals surface area contributed by atoms with Gasteiger partial charge in [0, 0.05) is 6.42 Å². The first-order valence-electron chi connectivity index (χ1n) is 7.39. The Morgan fingerprint density at radius 2 is 1.76 bits per heavy atom. The molecule has 0 fully saturated rings. The molecule has 1 aromatic carbocycles. The number of ether oxygens (including phenoxy) is 1. The molecule has 21 heavy (non-hydrogen) atoms. The highest BCUT2D eigenvalue weighted by molar-refractivity contribution is 5.36. The lowest BCUT2D eigenvalue weighted by molar-refractivity contribution is 0.317. The van der Waals surface area contributed by atoms with Gasteiger partial charge in [-0.1, -0.05) is 33.8 Å². The van der Waals surface area contributed by atoms with E-state index < -0.39 is 0 Å². The second-order valence-electron chi connectivity index (χ2n) is 4.73. The number of rotatable bonds is 5. The molecular formula is C16H24N4O. The van der Waals surface area contributed by atoms with Crippen molar-refractivity contribution < 1.29 is 4.74 Å². The van der Waals surface area contributed by atoms with Crippen LogP contribution in [0, 0.1) is 6.92 Å². The van der Waals surface area contributed by atoms with E-state index >= 15 is 0 Å². The number of aromatic nitrogens is 4. The van der Waals surface area contributed by atoms with Gasteiger partial charge >= 0.3 is 0 Å². The Kier molecular flexibility index (Phi) is 7.29. The van der Waals surface area contributed by atoms with Gasteiger partial charge in [0.1, 0.15) is 5.75 Å². The average Bonchev–Trinajstić information content (AvgIpc) is 2.52. The Hall–Kier alpha value is -2.04. The number of hydrogen-bond acceptors (Lipinski definition) is 5. The number of hydrogen-bond donors (Lipinski definition) is 0. The minimum atomic E-state index is 0.495. The van der Waals surface area contributed by atoms with E-state index in [-0.39, 0.29) is 0 Å². The van der Waals surface area contributed by atoms with Crippen molar-refractivity contribution in [1.29, 1.82) is 0 Å². The summed E-state index contributed by atoms with van der Waals surface area (Å²) in [7, 11) is 0. The van der Waals surface area contributed by atoms with Gasteiger partial charge in [0.05, 0.1) is 6.61 Å². The predicted octanol–water partition coefficient (Wildman–Crippen LogP) is 3.35. The highest BCUT2D eigenvalue weighted by Gasteiger charge is 2.05. The van der Waals surface area contributed by atoms with Gasteiger partial charge in [-0.2, -0.15) is 0 Å². The van der Waals surface area contributed by atoms with E-state index in [1.807, 2.05) is 19.9 Å². The largest absolute Gasteiger partial charge is 0.493 e. The van der Waals surface area contributed by atoms with Crippen LogP contribution in [0.15, 0.2) is 24.5 Å². The zero-order valence-corrected chi connectivity index (χ0v) is 13.5. The molecule has 5 nitrogen and oxygen atoms in total. The van der Waals surface area contributed by atoms with E-state index in [4.69, 9.17) is 4.74 Å². The molecule has 0 aliphatic carbocycles. The lowest BCUT2D eigenvalue weighted by Crippen LogP contribution is -2.07. The van der Waals surface area contributed by atoms with Crippen molar-refractivity contribution in [2.75, 3.05) is 6.61 Å². The molecule has 0 aliphatic rings. The van der Waals surface area contributed by atoms with E-state index in [0.717, 1.165) is 5.75 Å². The third-order valence-corrected chi connectivity index (χ3v) is 2.92. The lowest BCUT2D eigenvalue weighted by Gasteiger charge is -2.12. The van der Waals surface area contributed by atoms with Crippen molar-refractivity contribution in [3.05, 3.63) is 41.5 Å². The molecule has 0 amide bonds. The van der Waals surface area contributed by atoms with E-state index in [0.29, 0.717) is 24.8 Å². The molecule has 0 atom stereocenters. The molecule has 0 saturated carbocycles. The molecule has 0 spiro atoms. The summed E-state index contributed by atoms with van der Waals surface area (Å²) in [5, 5.41) is 15.1. The zero-order chi connectivity index (χ0) is 15.7. The van der Waals surface area contributed by atoms with Crippen molar-refractivity contribution in [2.24, 2.45) is 0 Å². The van der Waals surface area contributed by atoms with E-state index in [1.54, 1.807) is 0 Å². The van der Waals surface area contributed by atoms with Gasteiger partial charge in [-0.05, 0) is 36.1 Å². The van der Waals surface area contributed by atoms with Crippen molar-refractivity contribution in [3.8, 4) is 5.75 Å². The van der Waals surface area contributed by atoms with Gasteiger partial charge < -0.3 is 4.74 Å². The van der Waals surface area contributed by atoms with Crippen molar-refractivity contribution in [3.63, 3.8) is 0 Å². The molecule has 0 bridgehead atoms. The number of nitrogens with zero attached hydrogens (tertiary/aromatic N) is 4. The summed E-state index contributed by atoms with van der Waals surface area (Å²) >= 11 is 0. The molecule has 2 aromatic rings. The maximum Gasteiger partial charge on any atom is 0.176 e. The fraction of sp³-hybridized carbons (Fsp3) is 0.500. The number of aryl methyl sites for hydroxylation is 1. The van der Waals surface area contributed by atoms with E-state index in [9.17, 15) is 0 Å². The minimum Gasteiger partial charge on any atom is -0.493 e. The maximum atomic E-state index is 5.72. The fourth-order valence-electron chi connectivity index (χ4n) is 1.92. The second kappa shape index (κ2) is 9.00. The Bertz CT molecular complexity index is 529. The molecular weight excluding hydrogens is 264 g/mol. The summed E-state index contributed by atoms with van der Waals surface area (Å²) in [6.07, 6.45) is 1.92. The summed E-state index contributed by atoms with van der Waals surface area (Å²) in [6.45, 7) is 11.0. The van der Waals surface area contributed by atoms with Crippen LogP contribution in [0.4, 0.5) is 0 Å². The summed E-state index contributed by atoms with van der Waals surface area (Å²) in [5.74, 6) is 1.97. The summed E-state index contributed by atoms with van der Waals surface area (Å²) in [4.78, 5) is 0. The first-order chi connectivity index (χ1) is 10.2. The normalized spacial score (nSPS) is 10.0. The van der Waals surface area contributed by atoms with Crippen LogP contribution in [0.25, 0.3) is 0 Å². The van der Waals surface area contributed by atoms with Gasteiger partial charge in [-0.15, -0.1) is 20.4 Å². The van der Waals surface area contributed by atoms with Crippen LogP contribution in [-0.4, -0.2) is 27.0 Å². The summed E-state index contributed by atoms with van der Waals surface area (Å²) in [6, 6.07) is 6.18. The second-order valence-corrected chi connectivity index (χ2v) is 4.73. The molecule has 0 saturated heterocycles. The van der Waals surface area contributed by atoms with Gasteiger partial charge in [-0.3, -0.25) is 0 Å². The molecule has 2 rings (SSSR count). The highest BCUT2D eigenvalue weighted by Crippen LogP contribution is 2.24. The van der Waals surface area contributed by atoms with Crippen LogP contribution in [0.2, 0.25) is 0 Å². The third kappa shape index (κ3) is 5.45. The Labute approximate surface area is 126 Å². The molecule has 0 radical (unpaired) electrons. The smallest absolute Gasteiger partial charge is 0.176 e. The van der Waals surface area contributed by atoms with Crippen LogP contribution in [0.3, 0.4) is 0 Å². The van der Waals surface area contributed by atoms with Gasteiger partial charge in [-0.25, -0.2) is 0 Å².